The van der Waals surface area contributed by atoms with Crippen molar-refractivity contribution in [3.8, 4) is 11.6 Å². The largest absolute Gasteiger partial charge is 0.492 e. The van der Waals surface area contributed by atoms with Crippen LogP contribution in [0.5, 0.6) is 5.75 Å². The molecule has 2 atom stereocenters. The van der Waals surface area contributed by atoms with Crippen LogP contribution in [-0.2, 0) is 20.9 Å². The third-order valence-electron chi connectivity index (χ3n) is 7.42. The van der Waals surface area contributed by atoms with Crippen LogP contribution in [0.15, 0.2) is 53.6 Å². The molecule has 0 radical (unpaired) electrons. The first-order chi connectivity index (χ1) is 20.3. The number of benzene rings is 1. The Bertz CT molecular complexity index is 1490. The zero-order valence-corrected chi connectivity index (χ0v) is 26.9. The molecule has 227 valence electrons. The minimum atomic E-state index is -1.17. The summed E-state index contributed by atoms with van der Waals surface area (Å²) in [5, 5.41) is 4.79. The number of ether oxygens (including phenoxy) is 4. The average molecular weight is 611 g/mol. The lowest BCUT2D eigenvalue weighted by Crippen LogP contribution is -2.23. The molecule has 0 amide bonds. The van der Waals surface area contributed by atoms with Gasteiger partial charge in [0.25, 0.3) is 0 Å². The fourth-order valence-corrected chi connectivity index (χ4v) is 6.46. The molecule has 2 unspecified atom stereocenters. The van der Waals surface area contributed by atoms with Gasteiger partial charge in [-0.25, -0.2) is 9.67 Å². The van der Waals surface area contributed by atoms with Crippen molar-refractivity contribution in [2.45, 2.75) is 77.2 Å². The lowest BCUT2D eigenvalue weighted by molar-refractivity contribution is -0.163. The SMILES string of the molecule is CC(c1ccc2c(c1)sc(=O)n2COCC[Si-](C)(C)C)c1ccn(-c2ccc(OCCCOC3CCCCO3)cn2)n1. The summed E-state index contributed by atoms with van der Waals surface area (Å²) in [7, 11) is -1.17. The van der Waals surface area contributed by atoms with Crippen molar-refractivity contribution in [2.24, 2.45) is 0 Å². The molecule has 0 aliphatic carbocycles. The van der Waals surface area contributed by atoms with Gasteiger partial charge in [0.2, 0.25) is 0 Å². The maximum absolute atomic E-state index is 12.7. The van der Waals surface area contributed by atoms with E-state index in [0.29, 0.717) is 32.3 Å². The minimum Gasteiger partial charge on any atom is -0.492 e. The summed E-state index contributed by atoms with van der Waals surface area (Å²) in [6.45, 7) is 12.1. The Hall–Kier alpha value is -2.83. The van der Waals surface area contributed by atoms with Crippen LogP contribution in [0.2, 0.25) is 25.7 Å². The maximum atomic E-state index is 12.7. The Labute approximate surface area is 252 Å². The van der Waals surface area contributed by atoms with E-state index >= 15 is 0 Å². The van der Waals surface area contributed by atoms with E-state index in [2.05, 4.69) is 43.7 Å². The second-order valence-corrected chi connectivity index (χ2v) is 18.6. The fraction of sp³-hybridized carbons (Fsp3) is 0.516. The number of aromatic nitrogens is 4. The van der Waals surface area contributed by atoms with Gasteiger partial charge in [-0.1, -0.05) is 24.3 Å². The molecule has 42 heavy (non-hydrogen) atoms. The number of hydrogen-bond acceptors (Lipinski definition) is 8. The molecule has 5 rings (SSSR count). The maximum Gasteiger partial charge on any atom is 0.310 e. The zero-order valence-electron chi connectivity index (χ0n) is 25.1. The first kappa shape index (κ1) is 30.6. The number of fused-ring (bicyclic) bond motifs is 1. The molecule has 4 heterocycles. The van der Waals surface area contributed by atoms with E-state index < -0.39 is 8.07 Å². The highest BCUT2D eigenvalue weighted by molar-refractivity contribution is 7.16. The summed E-state index contributed by atoms with van der Waals surface area (Å²) in [6, 6.07) is 13.1. The van der Waals surface area contributed by atoms with Gasteiger partial charge >= 0.3 is 4.87 Å². The van der Waals surface area contributed by atoms with Gasteiger partial charge in [-0.15, -0.1) is 14.1 Å². The number of hydrogen-bond donors (Lipinski definition) is 0. The predicted molar refractivity (Wildman–Crippen MR) is 169 cm³/mol. The van der Waals surface area contributed by atoms with E-state index in [4.69, 9.17) is 24.0 Å². The predicted octanol–water partition coefficient (Wildman–Crippen LogP) is 6.42. The van der Waals surface area contributed by atoms with E-state index in [-0.39, 0.29) is 17.1 Å². The van der Waals surface area contributed by atoms with Crippen LogP contribution in [0.4, 0.5) is 0 Å². The number of pyridine rings is 1. The molecule has 1 aliphatic heterocycles. The van der Waals surface area contributed by atoms with Crippen LogP contribution in [0, 0.1) is 0 Å². The molecular formula is C31H42N4O5SSi-. The quantitative estimate of drug-likeness (QED) is 0.120. The number of rotatable bonds is 14. The zero-order chi connectivity index (χ0) is 29.5. The van der Waals surface area contributed by atoms with Crippen LogP contribution < -0.4 is 9.61 Å². The van der Waals surface area contributed by atoms with Crippen molar-refractivity contribution in [2.75, 3.05) is 26.4 Å². The molecule has 1 aliphatic rings. The lowest BCUT2D eigenvalue weighted by atomic mass is 9.98. The molecule has 0 bridgehead atoms. The molecule has 4 aromatic rings. The Morgan fingerprint density at radius 2 is 2.00 bits per heavy atom. The molecule has 1 saturated heterocycles. The summed E-state index contributed by atoms with van der Waals surface area (Å²) >= 11 is 1.26. The number of thiazole rings is 1. The summed E-state index contributed by atoms with van der Waals surface area (Å²) in [6.07, 6.45) is 7.64. The van der Waals surface area contributed by atoms with E-state index in [9.17, 15) is 4.79 Å². The minimum absolute atomic E-state index is 0.00737. The van der Waals surface area contributed by atoms with Gasteiger partial charge in [-0.3, -0.25) is 9.36 Å². The fourth-order valence-electron chi connectivity index (χ4n) is 4.78. The lowest BCUT2D eigenvalue weighted by Gasteiger charge is -2.26. The van der Waals surface area contributed by atoms with Crippen LogP contribution in [0.25, 0.3) is 16.0 Å². The van der Waals surface area contributed by atoms with E-state index in [1.54, 1.807) is 15.4 Å². The Morgan fingerprint density at radius 3 is 2.76 bits per heavy atom. The standard InChI is InChI=1S/C31H42N4O5SSi/c1-23(24-9-11-27-28(20-24)41-31(36)34(27)22-37-18-19-42(2,3)4)26-13-14-35(33-26)29-12-10-25(21-32-29)38-16-7-17-40-30-8-5-6-15-39-30/h9-14,20-21,23,30H,5-8,15-19,22H2,1-4H3/q-1. The third-order valence-corrected chi connectivity index (χ3v) is 10.1. The monoisotopic (exact) mass is 610 g/mol. The van der Waals surface area contributed by atoms with Crippen molar-refractivity contribution < 1.29 is 18.9 Å². The van der Waals surface area contributed by atoms with Crippen molar-refractivity contribution in [1.29, 1.82) is 0 Å². The smallest absolute Gasteiger partial charge is 0.310 e. The summed E-state index contributed by atoms with van der Waals surface area (Å²) in [5.41, 5.74) is 2.95. The van der Waals surface area contributed by atoms with Crippen molar-refractivity contribution >= 4 is 29.6 Å². The average Bonchev–Trinajstić information content (AvgIpc) is 3.59. The Balaban J connectivity index is 1.14. The van der Waals surface area contributed by atoms with Crippen LogP contribution in [0.3, 0.4) is 0 Å². The van der Waals surface area contributed by atoms with Gasteiger partial charge in [0.1, 0.15) is 12.5 Å². The van der Waals surface area contributed by atoms with Gasteiger partial charge < -0.3 is 18.9 Å². The highest BCUT2D eigenvalue weighted by Crippen LogP contribution is 2.28. The summed E-state index contributed by atoms with van der Waals surface area (Å²) in [5.74, 6) is 1.49. The normalized spacial score (nSPS) is 16.6. The van der Waals surface area contributed by atoms with E-state index in [1.165, 1.54) is 17.8 Å². The Morgan fingerprint density at radius 1 is 1.12 bits per heavy atom. The molecule has 11 heteroatoms. The topological polar surface area (TPSA) is 89.6 Å². The van der Waals surface area contributed by atoms with Crippen molar-refractivity contribution in [1.82, 2.24) is 19.3 Å². The second kappa shape index (κ2) is 14.1. The first-order valence-electron chi connectivity index (χ1n) is 14.9. The Kier molecular flexibility index (Phi) is 10.3. The molecule has 0 spiro atoms. The van der Waals surface area contributed by atoms with Gasteiger partial charge in [-0.05, 0) is 55.2 Å². The van der Waals surface area contributed by atoms with Gasteiger partial charge in [0.05, 0.1) is 35.3 Å². The molecule has 1 fully saturated rings. The highest BCUT2D eigenvalue weighted by atomic mass is 32.1. The van der Waals surface area contributed by atoms with Gasteiger partial charge in [-0.2, -0.15) is 24.7 Å². The van der Waals surface area contributed by atoms with Crippen LogP contribution >= 0.6 is 11.3 Å². The van der Waals surface area contributed by atoms with Crippen molar-refractivity contribution in [3.63, 3.8) is 0 Å². The van der Waals surface area contributed by atoms with E-state index in [1.807, 2.05) is 30.5 Å². The molecule has 9 nitrogen and oxygen atoms in total. The highest BCUT2D eigenvalue weighted by Gasteiger charge is 2.16. The molecular weight excluding hydrogens is 569 g/mol. The summed E-state index contributed by atoms with van der Waals surface area (Å²) in [4.78, 5) is 17.2. The molecule has 1 aromatic carbocycles. The van der Waals surface area contributed by atoms with Crippen LogP contribution in [0.1, 0.15) is 49.8 Å². The molecule has 0 N–H and O–H groups in total. The van der Waals surface area contributed by atoms with Gasteiger partial charge in [0.15, 0.2) is 12.1 Å². The van der Waals surface area contributed by atoms with E-state index in [0.717, 1.165) is 59.2 Å². The second-order valence-electron chi connectivity index (χ2n) is 12.0. The van der Waals surface area contributed by atoms with Crippen molar-refractivity contribution in [3.05, 3.63) is 69.7 Å². The summed E-state index contributed by atoms with van der Waals surface area (Å²) < 4.78 is 27.5. The molecule has 3 aromatic heterocycles. The first-order valence-corrected chi connectivity index (χ1v) is 19.4. The third kappa shape index (κ3) is 8.16. The number of nitrogens with zero attached hydrogens (tertiary/aromatic N) is 4. The van der Waals surface area contributed by atoms with Gasteiger partial charge in [0, 0.05) is 31.7 Å². The molecule has 0 saturated carbocycles. The van der Waals surface area contributed by atoms with Crippen LogP contribution in [-0.4, -0.2) is 60.1 Å².